The predicted molar refractivity (Wildman–Crippen MR) is 116 cm³/mol. The first-order chi connectivity index (χ1) is 14.0. The Labute approximate surface area is 181 Å². The van der Waals surface area contributed by atoms with E-state index in [2.05, 4.69) is 23.6 Å². The van der Waals surface area contributed by atoms with Crippen LogP contribution in [0.15, 0.2) is 0 Å². The average Bonchev–Trinajstić information content (AvgIpc) is 2.65. The molecule has 0 radical (unpaired) electrons. The summed E-state index contributed by atoms with van der Waals surface area (Å²) < 4.78 is 10.7. The molecule has 2 aliphatic heterocycles. The molecule has 0 aromatic heterocycles. The number of carboxylic acids is 1. The fourth-order valence-electron chi connectivity index (χ4n) is 4.17. The Morgan fingerprint density at radius 1 is 0.967 bits per heavy atom. The average molecular weight is 428 g/mol. The quantitative estimate of drug-likeness (QED) is 0.596. The summed E-state index contributed by atoms with van der Waals surface area (Å²) in [6.45, 7) is 17.2. The van der Waals surface area contributed by atoms with Gasteiger partial charge in [-0.3, -0.25) is 4.90 Å². The van der Waals surface area contributed by atoms with Crippen molar-refractivity contribution in [3.8, 4) is 0 Å². The van der Waals surface area contributed by atoms with Crippen LogP contribution in [0.4, 0.5) is 4.79 Å². The van der Waals surface area contributed by atoms with Gasteiger partial charge < -0.3 is 24.4 Å². The smallest absolute Gasteiger partial charge is 0.410 e. The van der Waals surface area contributed by atoms with Gasteiger partial charge in [0.2, 0.25) is 0 Å². The molecule has 8 nitrogen and oxygen atoms in total. The second-order valence-corrected chi connectivity index (χ2v) is 10.2. The zero-order valence-corrected chi connectivity index (χ0v) is 19.5. The molecule has 2 saturated heterocycles. The highest BCUT2D eigenvalue weighted by atomic mass is 16.6. The molecule has 2 heterocycles. The molecule has 30 heavy (non-hydrogen) atoms. The molecule has 2 rings (SSSR count). The largest absolute Gasteiger partial charge is 0.480 e. The molecule has 0 spiro atoms. The first-order valence-electron chi connectivity index (χ1n) is 11.2. The van der Waals surface area contributed by atoms with Crippen molar-refractivity contribution in [3.05, 3.63) is 0 Å². The standard InChI is InChI=1S/C22H41N3O5/c1-21(2,3)30-20(28)24-9-6-18(7-10-24)16-23-11-13-25(14-12-23)22(4,5)8-15-29-17-19(26)27/h18H,6-17H2,1-5H3,(H,26,27). The zero-order valence-electron chi connectivity index (χ0n) is 19.5. The van der Waals surface area contributed by atoms with Crippen molar-refractivity contribution in [3.63, 3.8) is 0 Å². The van der Waals surface area contributed by atoms with Gasteiger partial charge in [-0.1, -0.05) is 0 Å². The summed E-state index contributed by atoms with van der Waals surface area (Å²) in [5.41, 5.74) is -0.437. The molecule has 0 unspecified atom stereocenters. The third-order valence-electron chi connectivity index (χ3n) is 6.09. The maximum absolute atomic E-state index is 12.2. The molecule has 0 saturated carbocycles. The van der Waals surface area contributed by atoms with Gasteiger partial charge in [-0.25, -0.2) is 9.59 Å². The summed E-state index contributed by atoms with van der Waals surface area (Å²) in [6.07, 6.45) is 2.70. The molecular formula is C22H41N3O5. The molecule has 0 aliphatic carbocycles. The van der Waals surface area contributed by atoms with E-state index in [4.69, 9.17) is 14.6 Å². The first kappa shape index (κ1) is 24.9. The number of aliphatic carboxylic acids is 1. The van der Waals surface area contributed by atoms with Crippen LogP contribution in [0, 0.1) is 5.92 Å². The van der Waals surface area contributed by atoms with E-state index in [1.54, 1.807) is 0 Å². The number of piperazine rings is 1. The minimum Gasteiger partial charge on any atom is -0.480 e. The van der Waals surface area contributed by atoms with E-state index in [9.17, 15) is 9.59 Å². The molecule has 1 N–H and O–H groups in total. The minimum atomic E-state index is -0.918. The van der Waals surface area contributed by atoms with Gasteiger partial charge >= 0.3 is 12.1 Å². The second kappa shape index (κ2) is 10.8. The summed E-state index contributed by atoms with van der Waals surface area (Å²) in [4.78, 5) is 29.7. The van der Waals surface area contributed by atoms with Gasteiger partial charge in [0.25, 0.3) is 0 Å². The number of piperidine rings is 1. The maximum Gasteiger partial charge on any atom is 0.410 e. The Morgan fingerprint density at radius 3 is 2.10 bits per heavy atom. The summed E-state index contributed by atoms with van der Waals surface area (Å²) in [5.74, 6) is -0.286. The molecule has 2 fully saturated rings. The van der Waals surface area contributed by atoms with Crippen LogP contribution < -0.4 is 0 Å². The van der Waals surface area contributed by atoms with Gasteiger partial charge in [0, 0.05) is 58.0 Å². The second-order valence-electron chi connectivity index (χ2n) is 10.2. The van der Waals surface area contributed by atoms with Crippen molar-refractivity contribution in [1.29, 1.82) is 0 Å². The number of ether oxygens (including phenoxy) is 2. The third-order valence-corrected chi connectivity index (χ3v) is 6.09. The van der Waals surface area contributed by atoms with Gasteiger partial charge in [0.05, 0.1) is 0 Å². The molecule has 0 aromatic carbocycles. The third kappa shape index (κ3) is 8.40. The minimum absolute atomic E-state index is 0.00332. The van der Waals surface area contributed by atoms with Gasteiger partial charge in [0.1, 0.15) is 12.2 Å². The predicted octanol–water partition coefficient (Wildman–Crippen LogP) is 2.52. The highest BCUT2D eigenvalue weighted by molar-refractivity contribution is 5.68. The van der Waals surface area contributed by atoms with Gasteiger partial charge in [-0.2, -0.15) is 0 Å². The highest BCUT2D eigenvalue weighted by Gasteiger charge is 2.32. The van der Waals surface area contributed by atoms with E-state index in [0.717, 1.165) is 65.1 Å². The lowest BCUT2D eigenvalue weighted by Gasteiger charge is -2.45. The lowest BCUT2D eigenvalue weighted by molar-refractivity contribution is -0.142. The van der Waals surface area contributed by atoms with E-state index < -0.39 is 11.6 Å². The van der Waals surface area contributed by atoms with E-state index >= 15 is 0 Å². The van der Waals surface area contributed by atoms with Crippen molar-refractivity contribution in [2.45, 2.75) is 65.0 Å². The monoisotopic (exact) mass is 427 g/mol. The number of carboxylic acid groups (broad SMARTS) is 1. The summed E-state index contributed by atoms with van der Waals surface area (Å²) in [7, 11) is 0. The number of carbonyl (C=O) groups is 2. The Kier molecular flexibility index (Phi) is 8.94. The Hall–Kier alpha value is -1.38. The first-order valence-corrected chi connectivity index (χ1v) is 11.2. The van der Waals surface area contributed by atoms with E-state index in [0.29, 0.717) is 12.5 Å². The SMILES string of the molecule is CC(C)(C)OC(=O)N1CCC(CN2CCN(C(C)(C)CCOCC(=O)O)CC2)CC1. The summed E-state index contributed by atoms with van der Waals surface area (Å²) >= 11 is 0. The zero-order chi connectivity index (χ0) is 22.4. The molecule has 0 aromatic rings. The van der Waals surface area contributed by atoms with E-state index in [-0.39, 0.29) is 18.2 Å². The van der Waals surface area contributed by atoms with Gasteiger partial charge in [0.15, 0.2) is 0 Å². The number of hydrogen-bond donors (Lipinski definition) is 1. The number of hydrogen-bond acceptors (Lipinski definition) is 6. The van der Waals surface area contributed by atoms with Gasteiger partial charge in [-0.15, -0.1) is 0 Å². The number of nitrogens with zero attached hydrogens (tertiary/aromatic N) is 3. The van der Waals surface area contributed by atoms with Crippen LogP contribution in [0.2, 0.25) is 0 Å². The summed E-state index contributed by atoms with van der Waals surface area (Å²) in [6, 6.07) is 0. The number of amides is 1. The van der Waals surface area contributed by atoms with Crippen LogP contribution in [0.5, 0.6) is 0 Å². The van der Waals surface area contributed by atoms with Crippen LogP contribution in [-0.4, -0.2) is 102 Å². The van der Waals surface area contributed by atoms with E-state index in [1.807, 2.05) is 25.7 Å². The van der Waals surface area contributed by atoms with Crippen LogP contribution in [-0.2, 0) is 14.3 Å². The fourth-order valence-corrected chi connectivity index (χ4v) is 4.17. The molecule has 174 valence electrons. The number of rotatable bonds is 8. The van der Waals surface area contributed by atoms with Crippen molar-refractivity contribution in [1.82, 2.24) is 14.7 Å². The molecule has 1 amide bonds. The summed E-state index contributed by atoms with van der Waals surface area (Å²) in [5, 5.41) is 8.68. The molecule has 0 atom stereocenters. The van der Waals surface area contributed by atoms with E-state index in [1.165, 1.54) is 0 Å². The molecular weight excluding hydrogens is 386 g/mol. The Morgan fingerprint density at radius 2 is 1.57 bits per heavy atom. The van der Waals surface area contributed by atoms with Crippen LogP contribution in [0.1, 0.15) is 53.9 Å². The topological polar surface area (TPSA) is 82.5 Å². The molecule has 2 aliphatic rings. The lowest BCUT2D eigenvalue weighted by atomic mass is 9.95. The van der Waals surface area contributed by atoms with Gasteiger partial charge in [-0.05, 0) is 59.8 Å². The van der Waals surface area contributed by atoms with Crippen molar-refractivity contribution >= 4 is 12.1 Å². The fraction of sp³-hybridized carbons (Fsp3) is 0.909. The normalized spacial score (nSPS) is 20.4. The van der Waals surface area contributed by atoms with Crippen molar-refractivity contribution in [2.75, 3.05) is 59.0 Å². The molecule has 0 bridgehead atoms. The Balaban J connectivity index is 1.66. The highest BCUT2D eigenvalue weighted by Crippen LogP contribution is 2.24. The Bertz CT molecular complexity index is 560. The van der Waals surface area contributed by atoms with Crippen LogP contribution in [0.25, 0.3) is 0 Å². The van der Waals surface area contributed by atoms with Crippen molar-refractivity contribution in [2.24, 2.45) is 5.92 Å². The number of carbonyl (C=O) groups excluding carboxylic acids is 1. The number of likely N-dealkylation sites (tertiary alicyclic amines) is 1. The lowest BCUT2D eigenvalue weighted by Crippen LogP contribution is -2.55. The van der Waals surface area contributed by atoms with Crippen LogP contribution >= 0.6 is 0 Å². The van der Waals surface area contributed by atoms with Crippen LogP contribution in [0.3, 0.4) is 0 Å². The maximum atomic E-state index is 12.2. The molecule has 8 heteroatoms. The van der Waals surface area contributed by atoms with Crippen molar-refractivity contribution < 1.29 is 24.2 Å².